The molecule has 2 atom stereocenters. The van der Waals surface area contributed by atoms with Crippen molar-refractivity contribution in [1.82, 2.24) is 0 Å². The summed E-state index contributed by atoms with van der Waals surface area (Å²) in [5.41, 5.74) is 2.63. The molecule has 0 aliphatic rings. The lowest BCUT2D eigenvalue weighted by molar-refractivity contribution is 0.160. The lowest BCUT2D eigenvalue weighted by Crippen LogP contribution is -2.15. The average molecular weight is 435 g/mol. The first-order valence-electron chi connectivity index (χ1n) is 8.22. The Morgan fingerprint density at radius 3 is 2.08 bits per heavy atom. The first-order valence-corrected chi connectivity index (χ1v) is 9.39. The molecule has 2 unspecified atom stereocenters. The van der Waals surface area contributed by atoms with E-state index in [1.54, 1.807) is 24.3 Å². The highest BCUT2D eigenvalue weighted by molar-refractivity contribution is 9.10. The zero-order chi connectivity index (χ0) is 18.5. The smallest absolute Gasteiger partial charge is 0.123 e. The third kappa shape index (κ3) is 5.07. The van der Waals surface area contributed by atoms with Crippen LogP contribution in [0, 0.1) is 5.82 Å². The van der Waals surface area contributed by atoms with Crippen LogP contribution in [0.2, 0.25) is 5.02 Å². The van der Waals surface area contributed by atoms with Crippen LogP contribution in [0.3, 0.4) is 0 Å². The van der Waals surface area contributed by atoms with Crippen LogP contribution < -0.4 is 5.32 Å². The zero-order valence-corrected chi connectivity index (χ0v) is 16.2. The fraction of sp³-hybridized carbons (Fsp3) is 0.143. The van der Waals surface area contributed by atoms with Crippen LogP contribution in [-0.4, -0.2) is 5.11 Å². The molecule has 0 fully saturated rings. The number of benzene rings is 3. The van der Waals surface area contributed by atoms with E-state index in [-0.39, 0.29) is 11.9 Å². The van der Waals surface area contributed by atoms with Gasteiger partial charge in [0.15, 0.2) is 0 Å². The predicted octanol–water partition coefficient (Wildman–Crippen LogP) is 6.52. The normalized spacial score (nSPS) is 13.2. The van der Waals surface area contributed by atoms with E-state index in [1.807, 2.05) is 36.4 Å². The second kappa shape index (κ2) is 8.67. The Hall–Kier alpha value is -1.88. The maximum Gasteiger partial charge on any atom is 0.123 e. The summed E-state index contributed by atoms with van der Waals surface area (Å²) in [6, 6.07) is 21.2. The van der Waals surface area contributed by atoms with E-state index in [0.717, 1.165) is 21.3 Å². The van der Waals surface area contributed by atoms with Crippen molar-refractivity contribution in [2.75, 3.05) is 5.32 Å². The van der Waals surface area contributed by atoms with Gasteiger partial charge in [-0.3, -0.25) is 0 Å². The van der Waals surface area contributed by atoms with Crippen LogP contribution >= 0.6 is 27.5 Å². The molecule has 134 valence electrons. The van der Waals surface area contributed by atoms with Crippen LogP contribution in [0.5, 0.6) is 0 Å². The monoisotopic (exact) mass is 433 g/mol. The molecule has 0 amide bonds. The van der Waals surface area contributed by atoms with Crippen molar-refractivity contribution in [2.45, 2.75) is 18.6 Å². The first kappa shape index (κ1) is 18.9. The first-order chi connectivity index (χ1) is 12.5. The lowest BCUT2D eigenvalue weighted by atomic mass is 9.96. The van der Waals surface area contributed by atoms with E-state index in [2.05, 4.69) is 21.2 Å². The van der Waals surface area contributed by atoms with Gasteiger partial charge in [-0.05, 0) is 59.7 Å². The Labute approximate surface area is 165 Å². The van der Waals surface area contributed by atoms with E-state index < -0.39 is 6.10 Å². The molecule has 3 aromatic carbocycles. The Morgan fingerprint density at radius 2 is 1.46 bits per heavy atom. The maximum atomic E-state index is 13.2. The van der Waals surface area contributed by atoms with E-state index in [0.29, 0.717) is 11.4 Å². The minimum absolute atomic E-state index is 0.140. The van der Waals surface area contributed by atoms with Gasteiger partial charge in [0.05, 0.1) is 12.1 Å². The fourth-order valence-electron chi connectivity index (χ4n) is 2.77. The topological polar surface area (TPSA) is 32.3 Å². The highest BCUT2D eigenvalue weighted by atomic mass is 79.9. The SMILES string of the molecule is OC(CC(Nc1ccc(F)cc1)c1ccc(Br)cc1)c1ccc(Cl)cc1. The van der Waals surface area contributed by atoms with Crippen LogP contribution in [0.1, 0.15) is 29.7 Å². The van der Waals surface area contributed by atoms with E-state index in [1.165, 1.54) is 12.1 Å². The van der Waals surface area contributed by atoms with Gasteiger partial charge in [0.25, 0.3) is 0 Å². The van der Waals surface area contributed by atoms with E-state index >= 15 is 0 Å². The molecule has 0 heterocycles. The molecule has 0 saturated heterocycles. The Kier molecular flexibility index (Phi) is 6.30. The van der Waals surface area contributed by atoms with Crippen LogP contribution in [0.25, 0.3) is 0 Å². The van der Waals surface area contributed by atoms with Crippen molar-refractivity contribution in [3.8, 4) is 0 Å². The molecular weight excluding hydrogens is 417 g/mol. The highest BCUT2D eigenvalue weighted by Gasteiger charge is 2.18. The zero-order valence-electron chi connectivity index (χ0n) is 13.9. The van der Waals surface area contributed by atoms with Crippen molar-refractivity contribution >= 4 is 33.2 Å². The number of anilines is 1. The van der Waals surface area contributed by atoms with Gasteiger partial charge in [-0.2, -0.15) is 0 Å². The summed E-state index contributed by atoms with van der Waals surface area (Å²) < 4.78 is 14.2. The molecule has 0 aliphatic heterocycles. The summed E-state index contributed by atoms with van der Waals surface area (Å²) in [4.78, 5) is 0. The summed E-state index contributed by atoms with van der Waals surface area (Å²) in [6.07, 6.45) is -0.199. The standard InChI is InChI=1S/C21H18BrClFNO/c22-16-5-1-14(2-6-16)20(25-19-11-9-18(24)10-12-19)13-21(26)15-3-7-17(23)8-4-15/h1-12,20-21,25-26H,13H2. The van der Waals surface area contributed by atoms with Gasteiger partial charge in [-0.15, -0.1) is 0 Å². The Morgan fingerprint density at radius 1 is 0.885 bits per heavy atom. The van der Waals surface area contributed by atoms with Gasteiger partial charge in [0.1, 0.15) is 5.82 Å². The molecule has 5 heteroatoms. The van der Waals surface area contributed by atoms with Crippen molar-refractivity contribution in [1.29, 1.82) is 0 Å². The third-order valence-corrected chi connectivity index (χ3v) is 4.95. The molecule has 0 aliphatic carbocycles. The molecule has 3 aromatic rings. The minimum atomic E-state index is -0.658. The van der Waals surface area contributed by atoms with Gasteiger partial charge in [0.2, 0.25) is 0 Å². The number of hydrogen-bond acceptors (Lipinski definition) is 2. The second-order valence-electron chi connectivity index (χ2n) is 6.06. The van der Waals surface area contributed by atoms with Crippen LogP contribution in [0.4, 0.5) is 10.1 Å². The molecule has 26 heavy (non-hydrogen) atoms. The summed E-state index contributed by atoms with van der Waals surface area (Å²) in [5, 5.41) is 14.7. The second-order valence-corrected chi connectivity index (χ2v) is 7.41. The quantitative estimate of drug-likeness (QED) is 0.463. The van der Waals surface area contributed by atoms with Gasteiger partial charge in [-0.1, -0.05) is 51.8 Å². The molecular formula is C21H18BrClFNO. The molecule has 0 saturated carbocycles. The molecule has 2 N–H and O–H groups in total. The Balaban J connectivity index is 1.83. The molecule has 0 spiro atoms. The molecule has 3 rings (SSSR count). The number of aliphatic hydroxyl groups is 1. The fourth-order valence-corrected chi connectivity index (χ4v) is 3.16. The van der Waals surface area contributed by atoms with E-state index in [4.69, 9.17) is 11.6 Å². The largest absolute Gasteiger partial charge is 0.388 e. The number of hydrogen-bond donors (Lipinski definition) is 2. The van der Waals surface area contributed by atoms with Gasteiger partial charge in [-0.25, -0.2) is 4.39 Å². The van der Waals surface area contributed by atoms with Gasteiger partial charge in [0, 0.05) is 21.6 Å². The van der Waals surface area contributed by atoms with Crippen molar-refractivity contribution < 1.29 is 9.50 Å². The summed E-state index contributed by atoms with van der Waals surface area (Å²) >= 11 is 9.36. The van der Waals surface area contributed by atoms with Crippen molar-refractivity contribution in [2.24, 2.45) is 0 Å². The summed E-state index contributed by atoms with van der Waals surface area (Å²) in [6.45, 7) is 0. The maximum absolute atomic E-state index is 13.2. The number of halogens is 3. The molecule has 0 bridgehead atoms. The van der Waals surface area contributed by atoms with Crippen molar-refractivity contribution in [3.63, 3.8) is 0 Å². The third-order valence-electron chi connectivity index (χ3n) is 4.17. The summed E-state index contributed by atoms with van der Waals surface area (Å²) in [7, 11) is 0. The summed E-state index contributed by atoms with van der Waals surface area (Å²) in [5.74, 6) is -0.281. The number of nitrogens with one attached hydrogen (secondary N) is 1. The van der Waals surface area contributed by atoms with Crippen LogP contribution in [0.15, 0.2) is 77.3 Å². The minimum Gasteiger partial charge on any atom is -0.388 e. The van der Waals surface area contributed by atoms with Gasteiger partial charge >= 0.3 is 0 Å². The molecule has 0 radical (unpaired) electrons. The van der Waals surface area contributed by atoms with E-state index in [9.17, 15) is 9.50 Å². The predicted molar refractivity (Wildman–Crippen MR) is 108 cm³/mol. The Bertz CT molecular complexity index is 837. The van der Waals surface area contributed by atoms with Gasteiger partial charge < -0.3 is 10.4 Å². The number of rotatable bonds is 6. The highest BCUT2D eigenvalue weighted by Crippen LogP contribution is 2.31. The lowest BCUT2D eigenvalue weighted by Gasteiger charge is -2.24. The van der Waals surface area contributed by atoms with Crippen LogP contribution in [-0.2, 0) is 0 Å². The molecule has 2 nitrogen and oxygen atoms in total. The van der Waals surface area contributed by atoms with Crippen molar-refractivity contribution in [3.05, 3.63) is 99.2 Å². The molecule has 0 aromatic heterocycles. The number of aliphatic hydroxyl groups excluding tert-OH is 1. The average Bonchev–Trinajstić information content (AvgIpc) is 2.64.